The van der Waals surface area contributed by atoms with E-state index in [0.717, 1.165) is 41.9 Å². The monoisotopic (exact) mass is 582 g/mol. The first kappa shape index (κ1) is 27.3. The fourth-order valence-electron chi connectivity index (χ4n) is 5.15. The van der Waals surface area contributed by atoms with Crippen molar-refractivity contribution in [3.8, 4) is 17.6 Å². The van der Waals surface area contributed by atoms with Crippen LogP contribution in [-0.2, 0) is 11.4 Å². The molecule has 0 bridgehead atoms. The zero-order chi connectivity index (χ0) is 26.5. The Labute approximate surface area is 230 Å². The van der Waals surface area contributed by atoms with Crippen LogP contribution in [0.15, 0.2) is 50.3 Å². The van der Waals surface area contributed by atoms with E-state index >= 15 is 0 Å². The van der Waals surface area contributed by atoms with E-state index in [-0.39, 0.29) is 12.4 Å². The highest BCUT2D eigenvalue weighted by molar-refractivity contribution is 9.10. The minimum absolute atomic E-state index is 0.101. The van der Waals surface area contributed by atoms with Gasteiger partial charge in [-0.3, -0.25) is 9.79 Å². The molecule has 2 aliphatic rings. The average Bonchev–Trinajstić information content (AvgIpc) is 2.87. The Morgan fingerprint density at radius 2 is 2.05 bits per heavy atom. The zero-order valence-electron chi connectivity index (χ0n) is 21.6. The first-order chi connectivity index (χ1) is 17.9. The van der Waals surface area contributed by atoms with Crippen molar-refractivity contribution in [3.63, 3.8) is 0 Å². The number of nitrogens with zero attached hydrogens (tertiary/aromatic N) is 4. The van der Waals surface area contributed by atoms with Crippen molar-refractivity contribution in [1.82, 2.24) is 9.97 Å². The molecule has 0 amide bonds. The van der Waals surface area contributed by atoms with Crippen molar-refractivity contribution in [1.29, 1.82) is 5.26 Å². The van der Waals surface area contributed by atoms with Gasteiger partial charge in [-0.1, -0.05) is 25.1 Å². The SMILES string of the molecule is CCCC1CC(=O)C2=C(C1)N=C(C)C(C#N)C2c1cc(Br)c(OCc2ccnc(SC)n2)c(OCC)c1. The minimum Gasteiger partial charge on any atom is -0.490 e. The summed E-state index contributed by atoms with van der Waals surface area (Å²) in [6.07, 6.45) is 6.96. The Morgan fingerprint density at radius 3 is 2.76 bits per heavy atom. The maximum atomic E-state index is 13.4. The molecule has 3 unspecified atom stereocenters. The standard InChI is InChI=1S/C28H31BrN4O3S/c1-5-7-17-10-22-26(23(34)11-17)25(20(14-30)16(3)32-22)18-12-21(29)27(24(13-18)35-6-2)36-15-19-8-9-31-28(33-19)37-4/h8-9,12-13,17,20,25H,5-7,10-11,15H2,1-4H3. The summed E-state index contributed by atoms with van der Waals surface area (Å²) in [5.74, 6) is 0.590. The molecule has 0 saturated carbocycles. The molecule has 1 aliphatic heterocycles. The molecule has 0 N–H and O–H groups in total. The zero-order valence-corrected chi connectivity index (χ0v) is 24.0. The highest BCUT2D eigenvalue weighted by Gasteiger charge is 2.41. The molecule has 0 fully saturated rings. The highest BCUT2D eigenvalue weighted by Crippen LogP contribution is 2.48. The van der Waals surface area contributed by atoms with Crippen molar-refractivity contribution >= 4 is 39.2 Å². The van der Waals surface area contributed by atoms with Gasteiger partial charge in [-0.05, 0) is 78.6 Å². The summed E-state index contributed by atoms with van der Waals surface area (Å²) in [7, 11) is 0. The molecule has 1 aromatic carbocycles. The first-order valence-corrected chi connectivity index (χ1v) is 14.6. The van der Waals surface area contributed by atoms with E-state index in [0.29, 0.717) is 45.6 Å². The summed E-state index contributed by atoms with van der Waals surface area (Å²) in [5.41, 5.74) is 3.86. The van der Waals surface area contributed by atoms with Gasteiger partial charge in [0.2, 0.25) is 0 Å². The van der Waals surface area contributed by atoms with Crippen molar-refractivity contribution in [2.45, 2.75) is 64.1 Å². The summed E-state index contributed by atoms with van der Waals surface area (Å²) in [6.45, 7) is 6.62. The lowest BCUT2D eigenvalue weighted by atomic mass is 9.70. The number of thioether (sulfide) groups is 1. The Morgan fingerprint density at radius 1 is 1.24 bits per heavy atom. The molecule has 1 aromatic heterocycles. The quantitative estimate of drug-likeness (QED) is 0.240. The number of halogens is 1. The number of benzene rings is 1. The number of allylic oxidation sites excluding steroid dienone is 2. The largest absolute Gasteiger partial charge is 0.490 e. The van der Waals surface area contributed by atoms with Crippen LogP contribution in [0.1, 0.15) is 63.6 Å². The second-order valence-electron chi connectivity index (χ2n) is 9.27. The lowest BCUT2D eigenvalue weighted by Gasteiger charge is -2.35. The number of ketones is 1. The van der Waals surface area contributed by atoms with E-state index in [1.54, 1.807) is 6.20 Å². The molecular weight excluding hydrogens is 552 g/mol. The molecular formula is C28H31BrN4O3S. The number of aliphatic imine (C=N–C) groups is 1. The van der Waals surface area contributed by atoms with Gasteiger partial charge < -0.3 is 9.47 Å². The number of nitriles is 1. The Kier molecular flexibility index (Phi) is 9.04. The lowest BCUT2D eigenvalue weighted by Crippen LogP contribution is -2.32. The van der Waals surface area contributed by atoms with Gasteiger partial charge in [-0.2, -0.15) is 5.26 Å². The second kappa shape index (κ2) is 12.2. The molecule has 37 heavy (non-hydrogen) atoms. The summed E-state index contributed by atoms with van der Waals surface area (Å²) in [4.78, 5) is 26.9. The van der Waals surface area contributed by atoms with E-state index in [4.69, 9.17) is 14.5 Å². The van der Waals surface area contributed by atoms with E-state index in [2.05, 4.69) is 38.9 Å². The van der Waals surface area contributed by atoms with Gasteiger partial charge in [0.1, 0.15) is 6.61 Å². The van der Waals surface area contributed by atoms with Gasteiger partial charge in [0.25, 0.3) is 0 Å². The number of aromatic nitrogens is 2. The van der Waals surface area contributed by atoms with Crippen LogP contribution >= 0.6 is 27.7 Å². The maximum absolute atomic E-state index is 13.4. The number of hydrogen-bond donors (Lipinski definition) is 0. The highest BCUT2D eigenvalue weighted by atomic mass is 79.9. The van der Waals surface area contributed by atoms with Crippen LogP contribution in [-0.4, -0.2) is 34.3 Å². The molecule has 0 radical (unpaired) electrons. The number of hydrogen-bond acceptors (Lipinski definition) is 8. The molecule has 3 atom stereocenters. The third-order valence-electron chi connectivity index (χ3n) is 6.74. The molecule has 2 aromatic rings. The summed E-state index contributed by atoms with van der Waals surface area (Å²) >= 11 is 5.14. The number of carbonyl (C=O) groups is 1. The molecule has 9 heteroatoms. The molecule has 0 spiro atoms. The number of carbonyl (C=O) groups excluding carboxylic acids is 1. The molecule has 4 rings (SSSR count). The second-order valence-corrected chi connectivity index (χ2v) is 10.9. The normalized spacial score (nSPS) is 21.2. The number of ether oxygens (including phenoxy) is 2. The van der Waals surface area contributed by atoms with Crippen molar-refractivity contribution in [2.75, 3.05) is 12.9 Å². The number of rotatable bonds is 9. The average molecular weight is 584 g/mol. The van der Waals surface area contributed by atoms with Crippen LogP contribution in [0.25, 0.3) is 0 Å². The fraction of sp³-hybridized carbons (Fsp3) is 0.464. The molecule has 0 saturated heterocycles. The van der Waals surface area contributed by atoms with Gasteiger partial charge in [0.05, 0.1) is 28.8 Å². The van der Waals surface area contributed by atoms with Gasteiger partial charge in [0, 0.05) is 35.5 Å². The van der Waals surface area contributed by atoms with Crippen LogP contribution in [0.2, 0.25) is 0 Å². The summed E-state index contributed by atoms with van der Waals surface area (Å²) in [6, 6.07) is 8.08. The third-order valence-corrected chi connectivity index (χ3v) is 7.89. The van der Waals surface area contributed by atoms with Crippen LogP contribution in [0.4, 0.5) is 0 Å². The topological polar surface area (TPSA) is 97.5 Å². The molecule has 7 nitrogen and oxygen atoms in total. The smallest absolute Gasteiger partial charge is 0.187 e. The predicted octanol–water partition coefficient (Wildman–Crippen LogP) is 6.67. The van der Waals surface area contributed by atoms with Gasteiger partial charge in [0.15, 0.2) is 22.4 Å². The van der Waals surface area contributed by atoms with Crippen molar-refractivity contribution in [2.24, 2.45) is 16.8 Å². The number of Topliss-reactive ketones (excluding diaryl/α,β-unsaturated/α-hetero) is 1. The van der Waals surface area contributed by atoms with Crippen LogP contribution in [0.3, 0.4) is 0 Å². The fourth-order valence-corrected chi connectivity index (χ4v) is 6.10. The third kappa shape index (κ3) is 5.91. The summed E-state index contributed by atoms with van der Waals surface area (Å²) < 4.78 is 12.8. The van der Waals surface area contributed by atoms with Gasteiger partial charge in [-0.25, -0.2) is 9.97 Å². The van der Waals surface area contributed by atoms with Crippen molar-refractivity contribution < 1.29 is 14.3 Å². The van der Waals surface area contributed by atoms with Gasteiger partial charge in [-0.15, -0.1) is 0 Å². The van der Waals surface area contributed by atoms with Crippen LogP contribution in [0.5, 0.6) is 11.5 Å². The van der Waals surface area contributed by atoms with E-state index in [1.807, 2.05) is 38.3 Å². The molecule has 1 aliphatic carbocycles. The maximum Gasteiger partial charge on any atom is 0.187 e. The Hall–Kier alpha value is -2.70. The first-order valence-electron chi connectivity index (χ1n) is 12.6. The van der Waals surface area contributed by atoms with Gasteiger partial charge >= 0.3 is 0 Å². The molecule has 2 heterocycles. The lowest BCUT2D eigenvalue weighted by molar-refractivity contribution is -0.117. The minimum atomic E-state index is -0.524. The van der Waals surface area contributed by atoms with E-state index < -0.39 is 11.8 Å². The van der Waals surface area contributed by atoms with E-state index in [9.17, 15) is 10.1 Å². The summed E-state index contributed by atoms with van der Waals surface area (Å²) in [5, 5.41) is 10.8. The Bertz CT molecular complexity index is 1290. The van der Waals surface area contributed by atoms with Crippen LogP contribution in [0, 0.1) is 23.2 Å². The predicted molar refractivity (Wildman–Crippen MR) is 148 cm³/mol. The van der Waals surface area contributed by atoms with Crippen LogP contribution < -0.4 is 9.47 Å². The van der Waals surface area contributed by atoms with E-state index in [1.165, 1.54) is 11.8 Å². The Balaban J connectivity index is 1.72. The molecule has 194 valence electrons. The van der Waals surface area contributed by atoms with Crippen molar-refractivity contribution in [3.05, 3.63) is 51.4 Å².